The molecule has 0 radical (unpaired) electrons. The Hall–Kier alpha value is -1.78. The van der Waals surface area contributed by atoms with Gasteiger partial charge in [0.05, 0.1) is 6.20 Å². The molecule has 5 nitrogen and oxygen atoms in total. The Kier molecular flexibility index (Phi) is 3.27. The fourth-order valence-corrected chi connectivity index (χ4v) is 2.91. The summed E-state index contributed by atoms with van der Waals surface area (Å²) >= 11 is 0. The maximum Gasteiger partial charge on any atom is 0.180 e. The summed E-state index contributed by atoms with van der Waals surface area (Å²) < 4.78 is 2.01. The lowest BCUT2D eigenvalue weighted by Gasteiger charge is -2.28. The van der Waals surface area contributed by atoms with Crippen LogP contribution in [0.15, 0.2) is 18.6 Å². The van der Waals surface area contributed by atoms with E-state index in [2.05, 4.69) is 27.5 Å². The Labute approximate surface area is 113 Å². The van der Waals surface area contributed by atoms with E-state index >= 15 is 0 Å². The number of hydrogen-bond acceptors (Lipinski definition) is 4. The SMILES string of the molecule is CNc1cn2ccnc2c(NC2CCCC(C)C2)n1. The van der Waals surface area contributed by atoms with Crippen LogP contribution in [0.2, 0.25) is 0 Å². The van der Waals surface area contributed by atoms with Crippen LogP contribution in [0.25, 0.3) is 5.65 Å². The van der Waals surface area contributed by atoms with Gasteiger partial charge in [-0.3, -0.25) is 0 Å². The number of imidazole rings is 1. The van der Waals surface area contributed by atoms with E-state index in [1.807, 2.05) is 30.0 Å². The summed E-state index contributed by atoms with van der Waals surface area (Å²) in [5.74, 6) is 2.54. The van der Waals surface area contributed by atoms with Crippen LogP contribution >= 0.6 is 0 Å². The van der Waals surface area contributed by atoms with E-state index in [1.165, 1.54) is 25.7 Å². The minimum Gasteiger partial charge on any atom is -0.372 e. The third-order valence-electron chi connectivity index (χ3n) is 3.91. The van der Waals surface area contributed by atoms with Crippen molar-refractivity contribution in [2.45, 2.75) is 38.6 Å². The van der Waals surface area contributed by atoms with E-state index < -0.39 is 0 Å². The van der Waals surface area contributed by atoms with Crippen molar-refractivity contribution in [3.63, 3.8) is 0 Å². The molecular formula is C14H21N5. The number of aromatic nitrogens is 3. The zero-order chi connectivity index (χ0) is 13.2. The summed E-state index contributed by atoms with van der Waals surface area (Å²) in [4.78, 5) is 8.99. The lowest BCUT2D eigenvalue weighted by Crippen LogP contribution is -2.27. The standard InChI is InChI=1S/C14H21N5/c1-10-4-3-5-11(8-10)17-13-14-16-6-7-19(14)9-12(15-2)18-13/h6-7,9-11,15H,3-5,8H2,1-2H3,(H,17,18). The van der Waals surface area contributed by atoms with Crippen molar-refractivity contribution in [3.8, 4) is 0 Å². The third kappa shape index (κ3) is 2.50. The van der Waals surface area contributed by atoms with E-state index in [4.69, 9.17) is 0 Å². The molecule has 1 aliphatic carbocycles. The van der Waals surface area contributed by atoms with Gasteiger partial charge in [0.15, 0.2) is 11.5 Å². The summed E-state index contributed by atoms with van der Waals surface area (Å²) in [6.45, 7) is 2.33. The first kappa shape index (κ1) is 12.3. The van der Waals surface area contributed by atoms with Crippen molar-refractivity contribution in [2.24, 2.45) is 5.92 Å². The lowest BCUT2D eigenvalue weighted by atomic mass is 9.87. The second-order valence-corrected chi connectivity index (χ2v) is 5.50. The van der Waals surface area contributed by atoms with Crippen LogP contribution < -0.4 is 10.6 Å². The molecule has 0 aliphatic heterocycles. The van der Waals surface area contributed by atoms with Crippen molar-refractivity contribution in [1.29, 1.82) is 0 Å². The topological polar surface area (TPSA) is 54.2 Å². The first-order valence-electron chi connectivity index (χ1n) is 7.04. The molecule has 0 aromatic carbocycles. The monoisotopic (exact) mass is 259 g/mol. The molecular weight excluding hydrogens is 238 g/mol. The number of nitrogens with one attached hydrogen (secondary N) is 2. The van der Waals surface area contributed by atoms with Gasteiger partial charge in [-0.15, -0.1) is 0 Å². The van der Waals surface area contributed by atoms with Crippen LogP contribution in [0.4, 0.5) is 11.6 Å². The Balaban J connectivity index is 1.88. The van der Waals surface area contributed by atoms with Gasteiger partial charge in [0, 0.05) is 25.5 Å². The number of fused-ring (bicyclic) bond motifs is 1. The fraction of sp³-hybridized carbons (Fsp3) is 0.571. The van der Waals surface area contributed by atoms with Gasteiger partial charge in [-0.25, -0.2) is 9.97 Å². The van der Waals surface area contributed by atoms with Crippen molar-refractivity contribution in [1.82, 2.24) is 14.4 Å². The molecule has 5 heteroatoms. The highest BCUT2D eigenvalue weighted by Crippen LogP contribution is 2.27. The minimum absolute atomic E-state index is 0.517. The quantitative estimate of drug-likeness (QED) is 0.890. The fourth-order valence-electron chi connectivity index (χ4n) is 2.91. The summed E-state index contributed by atoms with van der Waals surface area (Å²) in [7, 11) is 1.89. The Morgan fingerprint density at radius 2 is 2.26 bits per heavy atom. The highest BCUT2D eigenvalue weighted by Gasteiger charge is 2.20. The highest BCUT2D eigenvalue weighted by molar-refractivity contribution is 5.65. The molecule has 2 aromatic rings. The highest BCUT2D eigenvalue weighted by atomic mass is 15.1. The molecule has 0 spiro atoms. The van der Waals surface area contributed by atoms with E-state index in [0.717, 1.165) is 23.2 Å². The number of rotatable bonds is 3. The first-order chi connectivity index (χ1) is 9.26. The molecule has 0 bridgehead atoms. The summed E-state index contributed by atoms with van der Waals surface area (Å²) in [5, 5.41) is 6.68. The molecule has 2 N–H and O–H groups in total. The number of hydrogen-bond donors (Lipinski definition) is 2. The largest absolute Gasteiger partial charge is 0.372 e. The van der Waals surface area contributed by atoms with Crippen molar-refractivity contribution in [2.75, 3.05) is 17.7 Å². The second kappa shape index (κ2) is 5.07. The van der Waals surface area contributed by atoms with E-state index in [9.17, 15) is 0 Å². The zero-order valence-electron chi connectivity index (χ0n) is 11.6. The first-order valence-corrected chi connectivity index (χ1v) is 7.04. The Morgan fingerprint density at radius 3 is 3.05 bits per heavy atom. The molecule has 102 valence electrons. The number of anilines is 2. The van der Waals surface area contributed by atoms with Gasteiger partial charge >= 0.3 is 0 Å². The van der Waals surface area contributed by atoms with Crippen LogP contribution in [0.5, 0.6) is 0 Å². The smallest absolute Gasteiger partial charge is 0.180 e. The molecule has 3 rings (SSSR count). The van der Waals surface area contributed by atoms with E-state index in [0.29, 0.717) is 6.04 Å². The molecule has 0 saturated heterocycles. The average molecular weight is 259 g/mol. The van der Waals surface area contributed by atoms with Crippen LogP contribution in [0.3, 0.4) is 0 Å². The van der Waals surface area contributed by atoms with Crippen LogP contribution in [-0.2, 0) is 0 Å². The van der Waals surface area contributed by atoms with Gasteiger partial charge in [-0.2, -0.15) is 0 Å². The van der Waals surface area contributed by atoms with Crippen LogP contribution in [0, 0.1) is 5.92 Å². The molecule has 0 amide bonds. The predicted octanol–water partition coefficient (Wildman–Crippen LogP) is 2.76. The van der Waals surface area contributed by atoms with E-state index in [-0.39, 0.29) is 0 Å². The van der Waals surface area contributed by atoms with Crippen molar-refractivity contribution < 1.29 is 0 Å². The Bertz CT molecular complexity index is 562. The molecule has 1 fully saturated rings. The summed E-state index contributed by atoms with van der Waals surface area (Å²) in [5.41, 5.74) is 0.900. The van der Waals surface area contributed by atoms with Gasteiger partial charge in [-0.05, 0) is 18.8 Å². The molecule has 19 heavy (non-hydrogen) atoms. The molecule has 2 aromatic heterocycles. The molecule has 1 saturated carbocycles. The summed E-state index contributed by atoms with van der Waals surface area (Å²) in [6.07, 6.45) is 10.8. The number of nitrogens with zero attached hydrogens (tertiary/aromatic N) is 3. The lowest BCUT2D eigenvalue weighted by molar-refractivity contribution is 0.358. The van der Waals surface area contributed by atoms with Gasteiger partial charge in [-0.1, -0.05) is 19.8 Å². The molecule has 2 unspecified atom stereocenters. The van der Waals surface area contributed by atoms with E-state index in [1.54, 1.807) is 0 Å². The predicted molar refractivity (Wildman–Crippen MR) is 77.6 cm³/mol. The second-order valence-electron chi connectivity index (χ2n) is 5.50. The Morgan fingerprint density at radius 1 is 1.37 bits per heavy atom. The minimum atomic E-state index is 0.517. The van der Waals surface area contributed by atoms with Crippen LogP contribution in [0.1, 0.15) is 32.6 Å². The molecule has 1 aliphatic rings. The maximum absolute atomic E-state index is 4.61. The third-order valence-corrected chi connectivity index (χ3v) is 3.91. The average Bonchev–Trinajstić information content (AvgIpc) is 2.87. The van der Waals surface area contributed by atoms with Crippen molar-refractivity contribution in [3.05, 3.63) is 18.6 Å². The maximum atomic E-state index is 4.61. The molecule has 2 atom stereocenters. The summed E-state index contributed by atoms with van der Waals surface area (Å²) in [6, 6.07) is 0.517. The zero-order valence-corrected chi connectivity index (χ0v) is 11.6. The van der Waals surface area contributed by atoms with Gasteiger partial charge in [0.25, 0.3) is 0 Å². The molecule has 2 heterocycles. The van der Waals surface area contributed by atoms with Gasteiger partial charge < -0.3 is 15.0 Å². The normalized spacial score (nSPS) is 23.5. The van der Waals surface area contributed by atoms with Gasteiger partial charge in [0.1, 0.15) is 5.82 Å². The van der Waals surface area contributed by atoms with Crippen LogP contribution in [-0.4, -0.2) is 27.5 Å². The van der Waals surface area contributed by atoms with Gasteiger partial charge in [0.2, 0.25) is 0 Å². The van der Waals surface area contributed by atoms with Crippen molar-refractivity contribution >= 4 is 17.3 Å².